The van der Waals surface area contributed by atoms with Gasteiger partial charge in [0, 0.05) is 24.4 Å². The molecule has 0 aliphatic carbocycles. The summed E-state index contributed by atoms with van der Waals surface area (Å²) >= 11 is 0. The second-order valence-corrected chi connectivity index (χ2v) is 10.2. The van der Waals surface area contributed by atoms with Gasteiger partial charge in [0.2, 0.25) is 5.88 Å². The smallest absolute Gasteiger partial charge is 0.271 e. The van der Waals surface area contributed by atoms with Crippen LogP contribution < -0.4 is 14.8 Å². The molecule has 10 nitrogen and oxygen atoms in total. The lowest BCUT2D eigenvalue weighted by Gasteiger charge is -2.13. The number of nitrogens with zero attached hydrogens (tertiary/aromatic N) is 4. The number of methoxy groups -OCH3 is 1. The summed E-state index contributed by atoms with van der Waals surface area (Å²) in [6, 6.07) is 16.5. The van der Waals surface area contributed by atoms with E-state index in [-0.39, 0.29) is 23.2 Å². The molecule has 5 aromatic rings. The van der Waals surface area contributed by atoms with Gasteiger partial charge in [-0.3, -0.25) is 9.52 Å². The van der Waals surface area contributed by atoms with Crippen molar-refractivity contribution in [1.29, 1.82) is 0 Å². The largest absolute Gasteiger partial charge is 0.480 e. The normalized spacial score (nSPS) is 11.4. The van der Waals surface area contributed by atoms with E-state index in [1.54, 1.807) is 12.1 Å². The van der Waals surface area contributed by atoms with Crippen molar-refractivity contribution in [3.63, 3.8) is 0 Å². The van der Waals surface area contributed by atoms with Gasteiger partial charge in [-0.25, -0.2) is 31.7 Å². The summed E-state index contributed by atoms with van der Waals surface area (Å²) < 4.78 is 62.0. The molecule has 2 aromatic carbocycles. The van der Waals surface area contributed by atoms with Crippen LogP contribution in [0, 0.1) is 11.6 Å². The molecule has 40 heavy (non-hydrogen) atoms. The van der Waals surface area contributed by atoms with Crippen molar-refractivity contribution < 1.29 is 26.7 Å². The van der Waals surface area contributed by atoms with Gasteiger partial charge in [-0.15, -0.1) is 0 Å². The molecule has 0 saturated heterocycles. The fourth-order valence-corrected chi connectivity index (χ4v) is 5.07. The lowest BCUT2D eigenvalue weighted by atomic mass is 10.1. The number of hydrogen-bond donors (Lipinski definition) is 2. The molecular formula is C27H22F2N6O4S. The molecule has 5 rings (SSSR count). The first kappa shape index (κ1) is 26.7. The average Bonchev–Trinajstić information content (AvgIpc) is 3.36. The fourth-order valence-electron chi connectivity index (χ4n) is 3.96. The van der Waals surface area contributed by atoms with E-state index in [1.165, 1.54) is 30.1 Å². The Hall–Kier alpha value is -4.91. The topological polar surface area (TPSA) is 128 Å². The van der Waals surface area contributed by atoms with Crippen LogP contribution in [0.1, 0.15) is 16.1 Å². The van der Waals surface area contributed by atoms with Crippen LogP contribution in [-0.2, 0) is 16.4 Å². The predicted molar refractivity (Wildman–Crippen MR) is 142 cm³/mol. The molecule has 204 valence electrons. The van der Waals surface area contributed by atoms with E-state index in [1.807, 2.05) is 30.3 Å². The molecule has 0 aliphatic heterocycles. The second-order valence-electron chi connectivity index (χ2n) is 8.58. The maximum Gasteiger partial charge on any atom is 0.271 e. The van der Waals surface area contributed by atoms with Gasteiger partial charge >= 0.3 is 0 Å². The van der Waals surface area contributed by atoms with E-state index in [0.717, 1.165) is 17.7 Å². The number of hydrogen-bond acceptors (Lipinski definition) is 7. The van der Waals surface area contributed by atoms with E-state index in [2.05, 4.69) is 25.1 Å². The Labute approximate surface area is 227 Å². The van der Waals surface area contributed by atoms with E-state index in [4.69, 9.17) is 4.74 Å². The number of rotatable bonds is 9. The number of aromatic nitrogens is 4. The monoisotopic (exact) mass is 564 g/mol. The molecule has 0 fully saturated rings. The van der Waals surface area contributed by atoms with Crippen molar-refractivity contribution in [2.75, 3.05) is 18.4 Å². The summed E-state index contributed by atoms with van der Waals surface area (Å²) in [4.78, 5) is 20.5. The highest BCUT2D eigenvalue weighted by atomic mass is 32.2. The lowest BCUT2D eigenvalue weighted by Crippen LogP contribution is -2.27. The molecule has 0 aliphatic rings. The summed E-state index contributed by atoms with van der Waals surface area (Å²) in [5.74, 6) is -2.62. The Morgan fingerprint density at radius 2 is 1.80 bits per heavy atom. The van der Waals surface area contributed by atoms with Crippen LogP contribution in [-0.4, -0.2) is 47.6 Å². The highest BCUT2D eigenvalue weighted by molar-refractivity contribution is 7.92. The van der Waals surface area contributed by atoms with Gasteiger partial charge in [-0.05, 0) is 42.3 Å². The number of amides is 1. The SMILES string of the molecule is COc1ncc(-c2ccc3ncc(C(=O)NCCc4ccccc4)n3n2)cc1NS(=O)(=O)c1ccc(F)cc1F. The third kappa shape index (κ3) is 5.59. The van der Waals surface area contributed by atoms with E-state index < -0.39 is 26.6 Å². The Morgan fingerprint density at radius 3 is 2.55 bits per heavy atom. The summed E-state index contributed by atoms with van der Waals surface area (Å²) in [6.07, 6.45) is 3.47. The molecule has 1 amide bonds. The number of halogens is 2. The number of pyridine rings is 1. The van der Waals surface area contributed by atoms with Crippen molar-refractivity contribution in [3.05, 3.63) is 102 Å². The number of anilines is 1. The quantitative estimate of drug-likeness (QED) is 0.278. The Morgan fingerprint density at radius 1 is 1.00 bits per heavy atom. The Bertz CT molecular complexity index is 1810. The standard InChI is InChI=1S/C27H22F2N6O4S/c1-39-27-22(34-40(37,38)24-9-7-19(28)14-20(24)29)13-18(15-32-27)21-8-10-25-31-16-23(35(25)33-21)26(36)30-12-11-17-5-3-2-4-6-17/h2-10,13-16,34H,11-12H2,1H3,(H,30,36). The van der Waals surface area contributed by atoms with Crippen LogP contribution in [0.25, 0.3) is 16.9 Å². The first-order valence-corrected chi connectivity index (χ1v) is 13.4. The third-order valence-electron chi connectivity index (χ3n) is 5.91. The maximum absolute atomic E-state index is 14.2. The van der Waals surface area contributed by atoms with Crippen LogP contribution >= 0.6 is 0 Å². The second kappa shape index (κ2) is 11.1. The first-order chi connectivity index (χ1) is 19.2. The van der Waals surface area contributed by atoms with Crippen LogP contribution in [0.3, 0.4) is 0 Å². The van der Waals surface area contributed by atoms with Crippen LogP contribution in [0.15, 0.2) is 84.0 Å². The van der Waals surface area contributed by atoms with E-state index >= 15 is 0 Å². The van der Waals surface area contributed by atoms with Crippen molar-refractivity contribution in [1.82, 2.24) is 24.9 Å². The molecular weight excluding hydrogens is 542 g/mol. The molecule has 13 heteroatoms. The van der Waals surface area contributed by atoms with Gasteiger partial charge in [0.15, 0.2) is 5.65 Å². The van der Waals surface area contributed by atoms with E-state index in [0.29, 0.717) is 35.9 Å². The fraction of sp³-hybridized carbons (Fsp3) is 0.111. The number of nitrogens with one attached hydrogen (secondary N) is 2. The number of imidazole rings is 1. The predicted octanol–water partition coefficient (Wildman–Crippen LogP) is 3.85. The Balaban J connectivity index is 1.41. The molecule has 3 aromatic heterocycles. The molecule has 0 atom stereocenters. The minimum Gasteiger partial charge on any atom is -0.480 e. The number of fused-ring (bicyclic) bond motifs is 1. The number of benzene rings is 2. The van der Waals surface area contributed by atoms with Gasteiger partial charge in [0.1, 0.15) is 27.9 Å². The number of ether oxygens (including phenoxy) is 1. The number of carbonyl (C=O) groups excluding carboxylic acids is 1. The van der Waals surface area contributed by atoms with Crippen molar-refractivity contribution in [3.8, 4) is 17.1 Å². The van der Waals surface area contributed by atoms with E-state index in [9.17, 15) is 22.0 Å². The summed E-state index contributed by atoms with van der Waals surface area (Å²) in [6.45, 7) is 0.413. The van der Waals surface area contributed by atoms with Gasteiger partial charge < -0.3 is 10.1 Å². The average molecular weight is 565 g/mol. The zero-order valence-corrected chi connectivity index (χ0v) is 21.8. The summed E-state index contributed by atoms with van der Waals surface area (Å²) in [5.41, 5.74) is 2.32. The third-order valence-corrected chi connectivity index (χ3v) is 7.30. The molecule has 0 saturated carbocycles. The van der Waals surface area contributed by atoms with Gasteiger partial charge in [0.05, 0.1) is 19.0 Å². The maximum atomic E-state index is 14.2. The molecule has 0 unspecified atom stereocenters. The first-order valence-electron chi connectivity index (χ1n) is 11.9. The van der Waals surface area contributed by atoms with Crippen LogP contribution in [0.5, 0.6) is 5.88 Å². The molecule has 2 N–H and O–H groups in total. The van der Waals surface area contributed by atoms with Gasteiger partial charge in [-0.1, -0.05) is 30.3 Å². The van der Waals surface area contributed by atoms with Crippen LogP contribution in [0.2, 0.25) is 0 Å². The molecule has 0 radical (unpaired) electrons. The van der Waals surface area contributed by atoms with Crippen LogP contribution in [0.4, 0.5) is 14.5 Å². The van der Waals surface area contributed by atoms with Crippen molar-refractivity contribution in [2.24, 2.45) is 0 Å². The minimum absolute atomic E-state index is 0.0861. The molecule has 0 bridgehead atoms. The number of sulfonamides is 1. The molecule has 3 heterocycles. The summed E-state index contributed by atoms with van der Waals surface area (Å²) in [7, 11) is -3.18. The summed E-state index contributed by atoms with van der Waals surface area (Å²) in [5, 5.41) is 7.36. The van der Waals surface area contributed by atoms with Gasteiger partial charge in [-0.2, -0.15) is 5.10 Å². The zero-order valence-electron chi connectivity index (χ0n) is 21.0. The van der Waals surface area contributed by atoms with Crippen molar-refractivity contribution in [2.45, 2.75) is 11.3 Å². The Kier molecular flexibility index (Phi) is 7.38. The highest BCUT2D eigenvalue weighted by Crippen LogP contribution is 2.30. The zero-order chi connectivity index (χ0) is 28.3. The number of carbonyl (C=O) groups is 1. The lowest BCUT2D eigenvalue weighted by molar-refractivity contribution is 0.0947. The highest BCUT2D eigenvalue weighted by Gasteiger charge is 2.23. The van der Waals surface area contributed by atoms with Crippen molar-refractivity contribution >= 4 is 27.3 Å². The van der Waals surface area contributed by atoms with Gasteiger partial charge in [0.25, 0.3) is 15.9 Å². The minimum atomic E-state index is -4.47. The molecule has 0 spiro atoms.